The van der Waals surface area contributed by atoms with Crippen molar-refractivity contribution in [1.29, 1.82) is 0 Å². The number of hydrogen-bond donors (Lipinski definition) is 5. The Kier molecular flexibility index (Phi) is 11.8. The van der Waals surface area contributed by atoms with E-state index in [9.17, 15) is 16.8 Å². The fourth-order valence-corrected chi connectivity index (χ4v) is 3.20. The predicted octanol–water partition coefficient (Wildman–Crippen LogP) is 1.63. The van der Waals surface area contributed by atoms with Crippen LogP contribution in [-0.4, -0.2) is 72.0 Å². The van der Waals surface area contributed by atoms with Crippen LogP contribution in [0.4, 0.5) is 17.8 Å². The molecule has 1 aromatic heterocycles. The molecule has 0 unspecified atom stereocenters. The second-order valence-corrected chi connectivity index (χ2v) is 9.92. The smallest absolute Gasteiger partial charge is 0.266 e. The molecule has 1 aromatic rings. The number of aromatic nitrogens is 3. The van der Waals surface area contributed by atoms with E-state index < -0.39 is 31.7 Å². The van der Waals surface area contributed by atoms with Gasteiger partial charge in [0, 0.05) is 19.6 Å². The molecule has 0 aliphatic rings. The Morgan fingerprint density at radius 2 is 1.00 bits per heavy atom. The molecule has 0 atom stereocenters. The van der Waals surface area contributed by atoms with Crippen molar-refractivity contribution in [3.63, 3.8) is 0 Å². The van der Waals surface area contributed by atoms with Gasteiger partial charge in [0.05, 0.1) is 11.5 Å². The maximum absolute atomic E-state index is 10.8. The summed E-state index contributed by atoms with van der Waals surface area (Å²) in [5, 5.41) is 8.40. The summed E-state index contributed by atoms with van der Waals surface area (Å²) in [6.45, 7) is 2.57. The van der Waals surface area contributed by atoms with Crippen molar-refractivity contribution in [1.82, 2.24) is 15.0 Å². The lowest BCUT2D eigenvalue weighted by Gasteiger charge is -2.11. The standard InChI is InChI=1S/C16H32N6O6S2/c1-2-3-4-5-6-7-8-9-17-14-20-15(18-10-12-29(23,24)25)22-16(21-14)19-11-13-30(26,27)28/h2-13H2,1H3,(H,23,24,25)(H,26,27,28)(H3,17,18,19,20,21,22). The van der Waals surface area contributed by atoms with Crippen molar-refractivity contribution in [2.75, 3.05) is 47.1 Å². The topological polar surface area (TPSA) is 184 Å². The molecule has 5 N–H and O–H groups in total. The second kappa shape index (κ2) is 13.5. The largest absolute Gasteiger partial charge is 0.354 e. The Morgan fingerprint density at radius 1 is 0.633 bits per heavy atom. The highest BCUT2D eigenvalue weighted by molar-refractivity contribution is 7.86. The minimum absolute atomic E-state index is 0.0603. The van der Waals surface area contributed by atoms with Gasteiger partial charge in [0.2, 0.25) is 17.8 Å². The first-order valence-corrected chi connectivity index (χ1v) is 13.2. The van der Waals surface area contributed by atoms with Crippen LogP contribution in [0.5, 0.6) is 0 Å². The average Bonchev–Trinajstić information content (AvgIpc) is 2.62. The summed E-state index contributed by atoms with van der Waals surface area (Å²) >= 11 is 0. The van der Waals surface area contributed by atoms with Crippen molar-refractivity contribution in [3.05, 3.63) is 0 Å². The molecular weight excluding hydrogens is 436 g/mol. The Bertz CT molecular complexity index is 778. The summed E-state index contributed by atoms with van der Waals surface area (Å²) < 4.78 is 60.9. The van der Waals surface area contributed by atoms with E-state index in [2.05, 4.69) is 37.8 Å². The van der Waals surface area contributed by atoms with Gasteiger partial charge in [-0.25, -0.2) is 0 Å². The van der Waals surface area contributed by atoms with Gasteiger partial charge < -0.3 is 16.0 Å². The number of unbranched alkanes of at least 4 members (excludes halogenated alkanes) is 6. The number of nitrogens with zero attached hydrogens (tertiary/aromatic N) is 3. The van der Waals surface area contributed by atoms with Gasteiger partial charge in [-0.2, -0.15) is 31.8 Å². The minimum Gasteiger partial charge on any atom is -0.354 e. The zero-order chi connectivity index (χ0) is 22.5. The zero-order valence-corrected chi connectivity index (χ0v) is 18.8. The van der Waals surface area contributed by atoms with Crippen molar-refractivity contribution in [3.8, 4) is 0 Å². The molecule has 0 fully saturated rings. The first-order valence-electron chi connectivity index (χ1n) is 9.97. The van der Waals surface area contributed by atoms with E-state index in [0.717, 1.165) is 19.3 Å². The third-order valence-electron chi connectivity index (χ3n) is 3.99. The lowest BCUT2D eigenvalue weighted by molar-refractivity contribution is 0.481. The maximum Gasteiger partial charge on any atom is 0.266 e. The molecule has 0 spiro atoms. The highest BCUT2D eigenvalue weighted by atomic mass is 32.2. The molecule has 0 aliphatic heterocycles. The third kappa shape index (κ3) is 14.3. The van der Waals surface area contributed by atoms with Crippen LogP contribution in [0.25, 0.3) is 0 Å². The fourth-order valence-electron chi connectivity index (χ4n) is 2.48. The van der Waals surface area contributed by atoms with Crippen molar-refractivity contribution in [2.24, 2.45) is 0 Å². The van der Waals surface area contributed by atoms with Crippen molar-refractivity contribution >= 4 is 38.1 Å². The highest BCUT2D eigenvalue weighted by Gasteiger charge is 2.10. The van der Waals surface area contributed by atoms with Gasteiger partial charge in [0.15, 0.2) is 0 Å². The quantitative estimate of drug-likeness (QED) is 0.165. The zero-order valence-electron chi connectivity index (χ0n) is 17.2. The first kappa shape index (κ1) is 26.3. The molecule has 0 aromatic carbocycles. The summed E-state index contributed by atoms with van der Waals surface area (Å²) in [5.41, 5.74) is 0. The molecule has 0 amide bonds. The van der Waals surface area contributed by atoms with E-state index in [0.29, 0.717) is 6.54 Å². The molecule has 0 saturated carbocycles. The first-order chi connectivity index (χ1) is 14.1. The predicted molar refractivity (Wildman–Crippen MR) is 116 cm³/mol. The van der Waals surface area contributed by atoms with E-state index in [-0.39, 0.29) is 30.9 Å². The molecule has 1 heterocycles. The summed E-state index contributed by atoms with van der Waals surface area (Å²) in [7, 11) is -8.27. The highest BCUT2D eigenvalue weighted by Crippen LogP contribution is 2.11. The summed E-state index contributed by atoms with van der Waals surface area (Å²) in [5.74, 6) is -0.689. The molecule has 30 heavy (non-hydrogen) atoms. The second-order valence-electron chi connectivity index (χ2n) is 6.78. The van der Waals surface area contributed by atoms with Crippen LogP contribution in [0.3, 0.4) is 0 Å². The SMILES string of the molecule is CCCCCCCCCNc1nc(NCCS(=O)(=O)O)nc(NCCS(=O)(=O)O)n1. The van der Waals surface area contributed by atoms with Crippen LogP contribution in [0.1, 0.15) is 51.9 Å². The summed E-state index contributed by atoms with van der Waals surface area (Å²) in [4.78, 5) is 12.3. The molecule has 1 rings (SSSR count). The Labute approximate surface area is 178 Å². The normalized spacial score (nSPS) is 12.0. The third-order valence-corrected chi connectivity index (χ3v) is 5.43. The molecule has 14 heteroatoms. The Hall–Kier alpha value is -1.77. The Morgan fingerprint density at radius 3 is 1.40 bits per heavy atom. The molecule has 0 saturated heterocycles. The molecule has 174 valence electrons. The summed E-state index contributed by atoms with van der Waals surface area (Å²) in [6, 6.07) is 0. The lowest BCUT2D eigenvalue weighted by atomic mass is 10.1. The Balaban J connectivity index is 2.60. The van der Waals surface area contributed by atoms with Gasteiger partial charge in [0.25, 0.3) is 20.2 Å². The number of nitrogens with one attached hydrogen (secondary N) is 3. The van der Waals surface area contributed by atoms with E-state index in [1.165, 1.54) is 25.7 Å². The molecule has 12 nitrogen and oxygen atoms in total. The van der Waals surface area contributed by atoms with Crippen molar-refractivity contribution < 1.29 is 25.9 Å². The van der Waals surface area contributed by atoms with E-state index >= 15 is 0 Å². The minimum atomic E-state index is -4.13. The monoisotopic (exact) mass is 468 g/mol. The van der Waals surface area contributed by atoms with Crippen LogP contribution in [0, 0.1) is 0 Å². The average molecular weight is 469 g/mol. The van der Waals surface area contributed by atoms with E-state index in [4.69, 9.17) is 9.11 Å². The molecule has 0 bridgehead atoms. The number of hydrogen-bond acceptors (Lipinski definition) is 10. The van der Waals surface area contributed by atoms with Crippen LogP contribution in [-0.2, 0) is 20.2 Å². The van der Waals surface area contributed by atoms with E-state index in [1.807, 2.05) is 0 Å². The number of rotatable bonds is 17. The molecular formula is C16H32N6O6S2. The fraction of sp³-hybridized carbons (Fsp3) is 0.812. The van der Waals surface area contributed by atoms with Crippen molar-refractivity contribution in [2.45, 2.75) is 51.9 Å². The van der Waals surface area contributed by atoms with Gasteiger partial charge in [-0.05, 0) is 6.42 Å². The van der Waals surface area contributed by atoms with Crippen LogP contribution >= 0.6 is 0 Å². The molecule has 0 radical (unpaired) electrons. The van der Waals surface area contributed by atoms with E-state index in [1.54, 1.807) is 0 Å². The van der Waals surface area contributed by atoms with Crippen LogP contribution in [0.15, 0.2) is 0 Å². The van der Waals surface area contributed by atoms with Gasteiger partial charge >= 0.3 is 0 Å². The van der Waals surface area contributed by atoms with Crippen LogP contribution in [0.2, 0.25) is 0 Å². The molecule has 0 aliphatic carbocycles. The summed E-state index contributed by atoms with van der Waals surface area (Å²) in [6.07, 6.45) is 8.07. The van der Waals surface area contributed by atoms with Gasteiger partial charge in [0.1, 0.15) is 0 Å². The van der Waals surface area contributed by atoms with Gasteiger partial charge in [-0.15, -0.1) is 0 Å². The van der Waals surface area contributed by atoms with Gasteiger partial charge in [-0.1, -0.05) is 45.4 Å². The van der Waals surface area contributed by atoms with Crippen LogP contribution < -0.4 is 16.0 Å². The number of anilines is 3. The maximum atomic E-state index is 10.8. The lowest BCUT2D eigenvalue weighted by Crippen LogP contribution is -2.19. The van der Waals surface area contributed by atoms with Gasteiger partial charge in [-0.3, -0.25) is 9.11 Å².